The fraction of sp³-hybridized carbons (Fsp3) is 0.889. The Labute approximate surface area is 149 Å². The quantitative estimate of drug-likeness (QED) is 0.530. The highest BCUT2D eigenvalue weighted by Crippen LogP contribution is 2.41. The lowest BCUT2D eigenvalue weighted by atomic mass is 9.93. The third-order valence-electron chi connectivity index (χ3n) is 5.98. The van der Waals surface area contributed by atoms with Gasteiger partial charge in [0.25, 0.3) is 0 Å². The van der Waals surface area contributed by atoms with Gasteiger partial charge < -0.3 is 8.85 Å². The van der Waals surface area contributed by atoms with Gasteiger partial charge in [0.15, 0.2) is 28.2 Å². The number of rotatable bonds is 4. The van der Waals surface area contributed by atoms with Gasteiger partial charge >= 0.3 is 0 Å². The van der Waals surface area contributed by atoms with Crippen molar-refractivity contribution in [2.75, 3.05) is 0 Å². The van der Waals surface area contributed by atoms with Crippen LogP contribution in [0.1, 0.15) is 54.4 Å². The van der Waals surface area contributed by atoms with Gasteiger partial charge in [-0.25, -0.2) is 0 Å². The molecular formula is C18H36O4Si2. The molecule has 140 valence electrons. The van der Waals surface area contributed by atoms with Crippen molar-refractivity contribution in [3.8, 4) is 0 Å². The fourth-order valence-corrected chi connectivity index (χ4v) is 4.73. The molecule has 0 aromatic heterocycles. The molecule has 0 N–H and O–H groups in total. The number of hydrogen-bond acceptors (Lipinski definition) is 4. The first kappa shape index (κ1) is 21.7. The molecule has 0 saturated heterocycles. The van der Waals surface area contributed by atoms with Gasteiger partial charge in [0.2, 0.25) is 0 Å². The maximum Gasteiger partial charge on any atom is 0.193 e. The van der Waals surface area contributed by atoms with Crippen molar-refractivity contribution >= 4 is 28.2 Å². The molecule has 0 heterocycles. The van der Waals surface area contributed by atoms with E-state index in [1.807, 2.05) is 0 Å². The van der Waals surface area contributed by atoms with Crippen LogP contribution in [0.25, 0.3) is 0 Å². The van der Waals surface area contributed by atoms with Crippen molar-refractivity contribution in [1.82, 2.24) is 0 Å². The van der Waals surface area contributed by atoms with Crippen LogP contribution in [0.3, 0.4) is 0 Å². The second-order valence-electron chi connectivity index (χ2n) is 10.1. The van der Waals surface area contributed by atoms with Crippen LogP contribution in [0.4, 0.5) is 0 Å². The summed E-state index contributed by atoms with van der Waals surface area (Å²) in [6.45, 7) is 21.5. The molecule has 2 atom stereocenters. The van der Waals surface area contributed by atoms with E-state index in [4.69, 9.17) is 8.85 Å². The summed E-state index contributed by atoms with van der Waals surface area (Å²) < 4.78 is 12.6. The van der Waals surface area contributed by atoms with E-state index in [9.17, 15) is 9.59 Å². The lowest BCUT2D eigenvalue weighted by molar-refractivity contribution is -0.142. The number of Topliss-reactive ketones (excluding diaryl/α,β-unsaturated/α-hetero) is 2. The van der Waals surface area contributed by atoms with Crippen molar-refractivity contribution in [3.05, 3.63) is 0 Å². The van der Waals surface area contributed by atoms with E-state index in [0.717, 1.165) is 0 Å². The van der Waals surface area contributed by atoms with E-state index >= 15 is 0 Å². The first-order valence-electron chi connectivity index (χ1n) is 8.89. The Morgan fingerprint density at radius 3 is 1.29 bits per heavy atom. The summed E-state index contributed by atoms with van der Waals surface area (Å²) in [6.07, 6.45) is -0.688. The van der Waals surface area contributed by atoms with E-state index in [1.54, 1.807) is 0 Å². The monoisotopic (exact) mass is 372 g/mol. The molecule has 0 unspecified atom stereocenters. The predicted octanol–water partition coefficient (Wildman–Crippen LogP) is 4.70. The summed E-state index contributed by atoms with van der Waals surface area (Å²) in [7, 11) is -4.11. The van der Waals surface area contributed by atoms with E-state index in [0.29, 0.717) is 6.42 Å². The van der Waals surface area contributed by atoms with Gasteiger partial charge in [0.05, 0.1) is 6.42 Å². The molecule has 0 aromatic rings. The SMILES string of the molecule is CC(C)(C)[Si](C)(C)O[C@@H]1C[C@@H](O[Si](C)(C)C(C)(C)C)C(=O)CC1=O. The lowest BCUT2D eigenvalue weighted by Crippen LogP contribution is -2.53. The van der Waals surface area contributed by atoms with Crippen molar-refractivity contribution in [2.45, 2.75) is 103 Å². The van der Waals surface area contributed by atoms with Crippen LogP contribution in [0.2, 0.25) is 36.3 Å². The zero-order chi connectivity index (χ0) is 19.1. The normalized spacial score (nSPS) is 24.4. The van der Waals surface area contributed by atoms with Gasteiger partial charge in [0.1, 0.15) is 12.2 Å². The second kappa shape index (κ2) is 6.78. The Bertz CT molecular complexity index is 454. The Morgan fingerprint density at radius 2 is 1.04 bits per heavy atom. The molecule has 0 radical (unpaired) electrons. The second-order valence-corrected chi connectivity index (χ2v) is 19.6. The van der Waals surface area contributed by atoms with Crippen LogP contribution in [0.15, 0.2) is 0 Å². The molecular weight excluding hydrogens is 336 g/mol. The topological polar surface area (TPSA) is 52.6 Å². The van der Waals surface area contributed by atoms with Crippen LogP contribution in [-0.4, -0.2) is 40.4 Å². The molecule has 0 aromatic carbocycles. The summed E-state index contributed by atoms with van der Waals surface area (Å²) in [5.74, 6) is -0.167. The molecule has 1 aliphatic rings. The minimum absolute atomic E-state index is 0.0323. The molecule has 0 amide bonds. The van der Waals surface area contributed by atoms with Gasteiger partial charge in [-0.05, 0) is 36.3 Å². The molecule has 1 rings (SSSR count). The number of ketones is 2. The average molecular weight is 373 g/mol. The molecule has 0 bridgehead atoms. The summed E-state index contributed by atoms with van der Waals surface area (Å²) in [6, 6.07) is 0. The van der Waals surface area contributed by atoms with Crippen LogP contribution in [0.5, 0.6) is 0 Å². The van der Waals surface area contributed by atoms with Crippen LogP contribution >= 0.6 is 0 Å². The molecule has 24 heavy (non-hydrogen) atoms. The van der Waals surface area contributed by atoms with E-state index in [-0.39, 0.29) is 28.1 Å². The summed E-state index contributed by atoms with van der Waals surface area (Å²) in [4.78, 5) is 24.7. The summed E-state index contributed by atoms with van der Waals surface area (Å²) >= 11 is 0. The first-order valence-corrected chi connectivity index (χ1v) is 14.7. The minimum Gasteiger partial charge on any atom is -0.407 e. The third kappa shape index (κ3) is 4.87. The average Bonchev–Trinajstić information content (AvgIpc) is 2.31. The largest absolute Gasteiger partial charge is 0.407 e. The molecule has 1 aliphatic carbocycles. The first-order chi connectivity index (χ1) is 10.5. The third-order valence-corrected chi connectivity index (χ3v) is 15.0. The smallest absolute Gasteiger partial charge is 0.193 e. The van der Waals surface area contributed by atoms with Crippen molar-refractivity contribution in [3.63, 3.8) is 0 Å². The zero-order valence-corrected chi connectivity index (χ0v) is 19.2. The van der Waals surface area contributed by atoms with Crippen LogP contribution < -0.4 is 0 Å². The minimum atomic E-state index is -2.06. The summed E-state index contributed by atoms with van der Waals surface area (Å²) in [5, 5.41) is 0.0645. The van der Waals surface area contributed by atoms with Gasteiger partial charge in [-0.2, -0.15) is 0 Å². The highest BCUT2D eigenvalue weighted by atomic mass is 28.4. The highest BCUT2D eigenvalue weighted by Gasteiger charge is 2.47. The summed E-state index contributed by atoms with van der Waals surface area (Å²) in [5.41, 5.74) is 0. The molecule has 4 nitrogen and oxygen atoms in total. The number of hydrogen-bond donors (Lipinski definition) is 0. The van der Waals surface area contributed by atoms with E-state index in [1.165, 1.54) is 0 Å². The molecule has 6 heteroatoms. The van der Waals surface area contributed by atoms with Crippen LogP contribution in [-0.2, 0) is 18.4 Å². The van der Waals surface area contributed by atoms with Crippen molar-refractivity contribution < 1.29 is 18.4 Å². The van der Waals surface area contributed by atoms with Gasteiger partial charge in [0, 0.05) is 6.42 Å². The van der Waals surface area contributed by atoms with Gasteiger partial charge in [-0.15, -0.1) is 0 Å². The van der Waals surface area contributed by atoms with Gasteiger partial charge in [-0.3, -0.25) is 9.59 Å². The maximum atomic E-state index is 12.3. The standard InChI is InChI=1S/C18H36O4Si2/c1-17(2,3)23(7,8)21-15-12-16(14(20)11-13(15)19)22-24(9,10)18(4,5)6/h15-16H,11-12H2,1-10H3/t15-,16-/m1/s1. The van der Waals surface area contributed by atoms with Crippen molar-refractivity contribution in [1.29, 1.82) is 0 Å². The molecule has 1 saturated carbocycles. The van der Waals surface area contributed by atoms with Crippen molar-refractivity contribution in [2.24, 2.45) is 0 Å². The van der Waals surface area contributed by atoms with E-state index < -0.39 is 28.8 Å². The molecule has 0 spiro atoms. The fourth-order valence-electron chi connectivity index (χ4n) is 2.15. The Morgan fingerprint density at radius 1 is 0.750 bits per heavy atom. The number of carbonyl (C=O) groups is 2. The van der Waals surface area contributed by atoms with Crippen LogP contribution in [0, 0.1) is 0 Å². The Kier molecular flexibility index (Phi) is 6.14. The zero-order valence-electron chi connectivity index (χ0n) is 17.2. The lowest BCUT2D eigenvalue weighted by Gasteiger charge is -2.43. The Balaban J connectivity index is 2.93. The predicted molar refractivity (Wildman–Crippen MR) is 103 cm³/mol. The van der Waals surface area contributed by atoms with E-state index in [2.05, 4.69) is 67.7 Å². The maximum absolute atomic E-state index is 12.3. The molecule has 1 fully saturated rings. The highest BCUT2D eigenvalue weighted by molar-refractivity contribution is 6.74. The van der Waals surface area contributed by atoms with Gasteiger partial charge in [-0.1, -0.05) is 41.5 Å². The Hall–Kier alpha value is -0.306. The number of carbonyl (C=O) groups excluding carboxylic acids is 2. The molecule has 0 aliphatic heterocycles.